The molecule has 0 fully saturated rings. The minimum absolute atomic E-state index is 0. The van der Waals surface area contributed by atoms with E-state index in [1.807, 2.05) is 41.6 Å². The van der Waals surface area contributed by atoms with Crippen LogP contribution < -0.4 is 4.74 Å². The first-order valence-corrected chi connectivity index (χ1v) is 13.5. The van der Waals surface area contributed by atoms with Gasteiger partial charge in [0.25, 0.3) is 0 Å². The molecule has 6 nitrogen and oxygen atoms in total. The second-order valence-corrected chi connectivity index (χ2v) is 8.74. The Hall–Kier alpha value is -2.09. The molecule has 1 heterocycles. The molecule has 0 aromatic heterocycles. The summed E-state index contributed by atoms with van der Waals surface area (Å²) in [5.41, 5.74) is 10.7. The molecule has 0 saturated heterocycles. The molecule has 9 heteroatoms. The smallest absolute Gasteiger partial charge is 0.204 e. The van der Waals surface area contributed by atoms with Crippen LogP contribution in [0.15, 0.2) is 78.9 Å². The van der Waals surface area contributed by atoms with E-state index in [-0.39, 0.29) is 19.8 Å². The molecule has 33 heavy (non-hydrogen) atoms. The van der Waals surface area contributed by atoms with Crippen LogP contribution in [0.2, 0.25) is 0 Å². The number of benzene rings is 3. The Morgan fingerprint density at radius 1 is 0.939 bits per heavy atom. The molecule has 3 aromatic carbocycles. The summed E-state index contributed by atoms with van der Waals surface area (Å²) in [5, 5.41) is 0. The summed E-state index contributed by atoms with van der Waals surface area (Å²) in [5.74, 6) is -0.260. The molecule has 174 valence electrons. The number of carbonyl (C=O) groups is 1. The average molecular weight is 572 g/mol. The Morgan fingerprint density at radius 3 is 2.12 bits per heavy atom. The van der Waals surface area contributed by atoms with Crippen molar-refractivity contribution in [1.82, 2.24) is 0 Å². The molecule has 3 aromatic rings. The van der Waals surface area contributed by atoms with Gasteiger partial charge in [0, 0.05) is 0 Å². The van der Waals surface area contributed by atoms with Crippen LogP contribution in [0.25, 0.3) is 10.5 Å². The Morgan fingerprint density at radius 2 is 1.52 bits per heavy atom. The van der Waals surface area contributed by atoms with Crippen LogP contribution in [0, 0.1) is 7.43 Å². The summed E-state index contributed by atoms with van der Waals surface area (Å²) < 4.78 is 35.5. The largest absolute Gasteiger partial charge is 0.672 e. The van der Waals surface area contributed by atoms with Crippen molar-refractivity contribution in [3.8, 4) is 5.75 Å². The molecule has 0 bridgehead atoms. The third-order valence-corrected chi connectivity index (χ3v) is 6.20. The fraction of sp³-hybridized carbons (Fsp3) is 0.167. The Kier molecular flexibility index (Phi) is 10.2. The van der Waals surface area contributed by atoms with Crippen LogP contribution in [-0.4, -0.2) is 20.8 Å². The number of halogens is 1. The number of hydrogen-bond donors (Lipinski definition) is 0. The van der Waals surface area contributed by atoms with Gasteiger partial charge in [-0.3, -0.25) is 4.79 Å². The SMILES string of the molecule is [CH3-].[Cl][Ru+3].[NH-]C(c1ccccc1)C([N-]S(=O)(=O)Cc1cccc2c1C(=O)CO2)c1ccccc1. The number of rotatable bonds is 7. The van der Waals surface area contributed by atoms with Crippen LogP contribution >= 0.6 is 9.69 Å². The molecular formula is C24H23ClN2O4RuS. The molecular weight excluding hydrogens is 549 g/mol. The number of Topliss-reactive ketones (excluding diaryl/α,β-unsaturated/α-hetero) is 1. The van der Waals surface area contributed by atoms with E-state index in [2.05, 4.69) is 14.4 Å². The summed E-state index contributed by atoms with van der Waals surface area (Å²) in [6.45, 7) is -0.0843. The quantitative estimate of drug-likeness (QED) is 0.251. The van der Waals surface area contributed by atoms with Crippen molar-refractivity contribution in [1.29, 1.82) is 0 Å². The predicted octanol–water partition coefficient (Wildman–Crippen LogP) is 6.14. The number of nitrogens with zero attached hydrogens (tertiary/aromatic N) is 1. The maximum atomic E-state index is 13.0. The fourth-order valence-electron chi connectivity index (χ4n) is 3.56. The third-order valence-electron chi connectivity index (χ3n) is 4.98. The number of sulfonamides is 1. The second-order valence-electron chi connectivity index (χ2n) is 7.08. The summed E-state index contributed by atoms with van der Waals surface area (Å²) in [6, 6.07) is 21.1. The topological polar surface area (TPSA) is 98.3 Å². The molecule has 2 unspecified atom stereocenters. The summed E-state index contributed by atoms with van der Waals surface area (Å²) in [7, 11) is 0.586. The minimum Gasteiger partial charge on any atom is -0.672 e. The molecule has 4 rings (SSSR count). The molecule has 1 aliphatic rings. The van der Waals surface area contributed by atoms with E-state index >= 15 is 0 Å². The van der Waals surface area contributed by atoms with Crippen LogP contribution in [0.4, 0.5) is 0 Å². The van der Waals surface area contributed by atoms with Gasteiger partial charge >= 0.3 is 27.0 Å². The van der Waals surface area contributed by atoms with Crippen molar-refractivity contribution in [2.24, 2.45) is 0 Å². The van der Waals surface area contributed by atoms with E-state index in [0.717, 1.165) is 0 Å². The zero-order valence-electron chi connectivity index (χ0n) is 17.8. The first-order valence-electron chi connectivity index (χ1n) is 9.62. The van der Waals surface area contributed by atoms with E-state index in [9.17, 15) is 13.2 Å². The average Bonchev–Trinajstić information content (AvgIpc) is 3.21. The van der Waals surface area contributed by atoms with Gasteiger partial charge in [-0.15, -0.1) is 12.1 Å². The summed E-state index contributed by atoms with van der Waals surface area (Å²) >= 11 is 1.82. The van der Waals surface area contributed by atoms with Crippen LogP contribution in [0.3, 0.4) is 0 Å². The molecule has 2 atom stereocenters. The normalized spacial score (nSPS) is 14.1. The van der Waals surface area contributed by atoms with Gasteiger partial charge in [0.1, 0.15) is 5.75 Å². The van der Waals surface area contributed by atoms with Crippen molar-refractivity contribution in [2.45, 2.75) is 17.8 Å². The molecule has 1 aliphatic heterocycles. The predicted molar refractivity (Wildman–Crippen MR) is 127 cm³/mol. The molecule has 0 aliphatic carbocycles. The van der Waals surface area contributed by atoms with Gasteiger partial charge in [-0.05, 0) is 11.6 Å². The zero-order chi connectivity index (χ0) is 23.1. The van der Waals surface area contributed by atoms with E-state index in [1.165, 1.54) is 0 Å². The van der Waals surface area contributed by atoms with Crippen molar-refractivity contribution in [3.05, 3.63) is 119 Å². The van der Waals surface area contributed by atoms with Gasteiger partial charge in [0.2, 0.25) is 5.78 Å². The van der Waals surface area contributed by atoms with Crippen molar-refractivity contribution in [2.75, 3.05) is 6.61 Å². The maximum Gasteiger partial charge on any atom is 0.204 e. The number of ketones is 1. The van der Waals surface area contributed by atoms with E-state index < -0.39 is 27.9 Å². The van der Waals surface area contributed by atoms with E-state index in [4.69, 9.17) is 10.5 Å². The molecule has 1 N–H and O–H groups in total. The first-order chi connectivity index (χ1) is 15.4. The summed E-state index contributed by atoms with van der Waals surface area (Å²) in [6.07, 6.45) is 0. The van der Waals surface area contributed by atoms with E-state index in [1.54, 1.807) is 54.6 Å². The van der Waals surface area contributed by atoms with Gasteiger partial charge < -0.3 is 22.6 Å². The van der Waals surface area contributed by atoms with Crippen molar-refractivity contribution in [3.63, 3.8) is 0 Å². The fourth-order valence-corrected chi connectivity index (χ4v) is 4.86. The monoisotopic (exact) mass is 572 g/mol. The van der Waals surface area contributed by atoms with Crippen LogP contribution in [0.5, 0.6) is 5.75 Å². The van der Waals surface area contributed by atoms with Crippen molar-refractivity contribution >= 4 is 25.5 Å². The van der Waals surface area contributed by atoms with Gasteiger partial charge in [0.05, 0.1) is 21.3 Å². The van der Waals surface area contributed by atoms with Gasteiger partial charge in [-0.2, -0.15) is 0 Å². The third kappa shape index (κ3) is 6.72. The molecule has 0 radical (unpaired) electrons. The number of carbonyl (C=O) groups excluding carboxylic acids is 1. The molecule has 0 amide bonds. The number of nitrogens with one attached hydrogen (secondary N) is 1. The zero-order valence-corrected chi connectivity index (χ0v) is 21.1. The van der Waals surface area contributed by atoms with Crippen LogP contribution in [-0.2, 0) is 33.1 Å². The van der Waals surface area contributed by atoms with E-state index in [0.29, 0.717) is 28.0 Å². The molecule has 0 spiro atoms. The van der Waals surface area contributed by atoms with Gasteiger partial charge in [-0.25, -0.2) is 8.42 Å². The first kappa shape index (κ1) is 27.2. The standard InChI is InChI=1S/C23H20N2O4S.CH3.ClH.Ru/c24-22(16-8-3-1-4-9-16)23(17-10-5-2-6-11-17)25-30(27,28)15-18-12-7-13-20-21(18)19(26)14-29-20;;;/h1-13,22-24H,14-15H2;1H3;1H;/q-2;-1;;+4/p-1. The summed E-state index contributed by atoms with van der Waals surface area (Å²) in [4.78, 5) is 12.1. The van der Waals surface area contributed by atoms with Gasteiger partial charge in [-0.1, -0.05) is 83.9 Å². The maximum absolute atomic E-state index is 13.0. The van der Waals surface area contributed by atoms with Crippen LogP contribution in [0.1, 0.15) is 39.1 Å². The second kappa shape index (κ2) is 12.4. The van der Waals surface area contributed by atoms with Gasteiger partial charge in [0.15, 0.2) is 6.61 Å². The Balaban J connectivity index is 0.00000125. The number of hydrogen-bond acceptors (Lipinski definition) is 4. The van der Waals surface area contributed by atoms with Crippen molar-refractivity contribution < 1.29 is 35.3 Å². The Bertz CT molecular complexity index is 1160. The number of fused-ring (bicyclic) bond motifs is 1. The minimum atomic E-state index is -3.98. The Labute approximate surface area is 209 Å². The molecule has 0 saturated carbocycles. The number of ether oxygens (including phenoxy) is 1.